The Hall–Kier alpha value is -2.04. The van der Waals surface area contributed by atoms with Crippen molar-refractivity contribution in [1.29, 1.82) is 0 Å². The molecule has 0 aliphatic rings. The normalized spacial score (nSPS) is 10.4. The van der Waals surface area contributed by atoms with E-state index in [9.17, 15) is 9.59 Å². The number of hydrogen-bond donors (Lipinski definition) is 1. The highest BCUT2D eigenvalue weighted by atomic mass is 35.5. The Morgan fingerprint density at radius 3 is 2.28 bits per heavy atom. The molecule has 0 saturated heterocycles. The van der Waals surface area contributed by atoms with Gasteiger partial charge in [0.1, 0.15) is 0 Å². The summed E-state index contributed by atoms with van der Waals surface area (Å²) in [6, 6.07) is 12.9. The first-order chi connectivity index (χ1) is 11.9. The average molecular weight is 379 g/mol. The molecule has 4 nitrogen and oxygen atoms in total. The zero-order valence-electron chi connectivity index (χ0n) is 14.2. The monoisotopic (exact) mass is 378 g/mol. The number of nitrogens with one attached hydrogen (secondary N) is 1. The molecule has 0 aliphatic carbocycles. The second-order valence-corrected chi connectivity index (χ2v) is 6.51. The van der Waals surface area contributed by atoms with Gasteiger partial charge in [-0.15, -0.1) is 0 Å². The third-order valence-corrected chi connectivity index (χ3v) is 4.50. The zero-order valence-corrected chi connectivity index (χ0v) is 15.7. The highest BCUT2D eigenvalue weighted by Gasteiger charge is 2.19. The number of halogens is 2. The van der Waals surface area contributed by atoms with Crippen LogP contribution in [-0.2, 0) is 16.1 Å². The van der Waals surface area contributed by atoms with Crippen LogP contribution >= 0.6 is 23.2 Å². The minimum Gasteiger partial charge on any atom is -0.352 e. The second kappa shape index (κ2) is 8.88. The van der Waals surface area contributed by atoms with Crippen LogP contribution in [0.3, 0.4) is 0 Å². The predicted molar refractivity (Wildman–Crippen MR) is 102 cm³/mol. The lowest BCUT2D eigenvalue weighted by Gasteiger charge is -2.23. The molecule has 0 aliphatic heterocycles. The van der Waals surface area contributed by atoms with Gasteiger partial charge in [0, 0.05) is 26.4 Å². The summed E-state index contributed by atoms with van der Waals surface area (Å²) in [5.41, 5.74) is 2.62. The standard InChI is InChI=1S/C19H20Cl2N2O2/c1-13-6-3-4-7-15(13)12-22-18(25)10-11-23(14(2)24)19-16(20)8-5-9-17(19)21/h3-9H,10-12H2,1-2H3,(H,22,25). The van der Waals surface area contributed by atoms with Crippen molar-refractivity contribution in [2.75, 3.05) is 11.4 Å². The smallest absolute Gasteiger partial charge is 0.223 e. The molecule has 0 unspecified atom stereocenters. The lowest BCUT2D eigenvalue weighted by atomic mass is 10.1. The Morgan fingerprint density at radius 1 is 1.04 bits per heavy atom. The Labute approximate surface area is 157 Å². The van der Waals surface area contributed by atoms with Gasteiger partial charge in [-0.05, 0) is 30.2 Å². The Bertz CT molecular complexity index is 758. The molecule has 0 heterocycles. The van der Waals surface area contributed by atoms with Crippen molar-refractivity contribution in [3.8, 4) is 0 Å². The highest BCUT2D eigenvalue weighted by Crippen LogP contribution is 2.33. The molecule has 0 saturated carbocycles. The van der Waals surface area contributed by atoms with Gasteiger partial charge >= 0.3 is 0 Å². The van der Waals surface area contributed by atoms with E-state index < -0.39 is 0 Å². The summed E-state index contributed by atoms with van der Waals surface area (Å²) < 4.78 is 0. The van der Waals surface area contributed by atoms with Gasteiger partial charge in [-0.2, -0.15) is 0 Å². The van der Waals surface area contributed by atoms with E-state index in [0.717, 1.165) is 11.1 Å². The quantitative estimate of drug-likeness (QED) is 0.811. The number of rotatable bonds is 6. The first-order valence-corrected chi connectivity index (χ1v) is 8.69. The van der Waals surface area contributed by atoms with Crippen molar-refractivity contribution >= 4 is 40.7 Å². The number of hydrogen-bond acceptors (Lipinski definition) is 2. The molecule has 132 valence electrons. The Kier molecular flexibility index (Phi) is 6.85. The summed E-state index contributed by atoms with van der Waals surface area (Å²) in [6.45, 7) is 4.08. The van der Waals surface area contributed by atoms with Crippen LogP contribution in [0.25, 0.3) is 0 Å². The lowest BCUT2D eigenvalue weighted by Crippen LogP contribution is -2.34. The first-order valence-electron chi connectivity index (χ1n) is 7.93. The summed E-state index contributed by atoms with van der Waals surface area (Å²) >= 11 is 12.3. The van der Waals surface area contributed by atoms with E-state index in [-0.39, 0.29) is 24.8 Å². The molecule has 2 amide bonds. The molecule has 0 spiro atoms. The molecular weight excluding hydrogens is 359 g/mol. The van der Waals surface area contributed by atoms with E-state index in [1.807, 2.05) is 31.2 Å². The third-order valence-electron chi connectivity index (χ3n) is 3.89. The second-order valence-electron chi connectivity index (χ2n) is 5.69. The van der Waals surface area contributed by atoms with E-state index in [4.69, 9.17) is 23.2 Å². The maximum absolute atomic E-state index is 12.1. The van der Waals surface area contributed by atoms with Gasteiger partial charge in [0.2, 0.25) is 11.8 Å². The fourth-order valence-corrected chi connectivity index (χ4v) is 3.08. The van der Waals surface area contributed by atoms with Crippen LogP contribution < -0.4 is 10.2 Å². The van der Waals surface area contributed by atoms with Crippen LogP contribution in [0.5, 0.6) is 0 Å². The van der Waals surface area contributed by atoms with E-state index in [0.29, 0.717) is 22.3 Å². The number of para-hydroxylation sites is 1. The van der Waals surface area contributed by atoms with Gasteiger partial charge in [-0.25, -0.2) is 0 Å². The number of anilines is 1. The third kappa shape index (κ3) is 5.21. The van der Waals surface area contributed by atoms with Crippen LogP contribution in [0.1, 0.15) is 24.5 Å². The van der Waals surface area contributed by atoms with Gasteiger partial charge in [0.25, 0.3) is 0 Å². The molecule has 0 fully saturated rings. The Morgan fingerprint density at radius 2 is 1.68 bits per heavy atom. The van der Waals surface area contributed by atoms with Gasteiger partial charge in [-0.3, -0.25) is 9.59 Å². The summed E-state index contributed by atoms with van der Waals surface area (Å²) in [7, 11) is 0. The molecule has 0 bridgehead atoms. The summed E-state index contributed by atoms with van der Waals surface area (Å²) in [4.78, 5) is 25.5. The molecule has 25 heavy (non-hydrogen) atoms. The van der Waals surface area contributed by atoms with E-state index in [2.05, 4.69) is 5.32 Å². The SMILES string of the molecule is CC(=O)N(CCC(=O)NCc1ccccc1C)c1c(Cl)cccc1Cl. The topological polar surface area (TPSA) is 49.4 Å². The molecule has 6 heteroatoms. The van der Waals surface area contributed by atoms with Gasteiger partial charge in [0.05, 0.1) is 15.7 Å². The van der Waals surface area contributed by atoms with Crippen LogP contribution in [-0.4, -0.2) is 18.4 Å². The number of nitrogens with zero attached hydrogens (tertiary/aromatic N) is 1. The molecule has 2 aromatic rings. The first kappa shape index (κ1) is 19.3. The van der Waals surface area contributed by atoms with Crippen molar-refractivity contribution in [3.05, 3.63) is 63.6 Å². The van der Waals surface area contributed by atoms with Crippen molar-refractivity contribution in [1.82, 2.24) is 5.32 Å². The van der Waals surface area contributed by atoms with Crippen molar-refractivity contribution in [2.45, 2.75) is 26.8 Å². The number of carbonyl (C=O) groups is 2. The molecule has 2 aromatic carbocycles. The number of amides is 2. The molecule has 0 atom stereocenters. The minimum absolute atomic E-state index is 0.141. The number of aryl methyl sites for hydroxylation is 1. The van der Waals surface area contributed by atoms with Gasteiger partial charge in [-0.1, -0.05) is 53.5 Å². The maximum atomic E-state index is 12.1. The molecule has 0 radical (unpaired) electrons. The van der Waals surface area contributed by atoms with E-state index in [1.54, 1.807) is 18.2 Å². The van der Waals surface area contributed by atoms with E-state index in [1.165, 1.54) is 11.8 Å². The Balaban J connectivity index is 1.98. The number of benzene rings is 2. The summed E-state index contributed by atoms with van der Waals surface area (Å²) in [5.74, 6) is -0.362. The minimum atomic E-state index is -0.221. The summed E-state index contributed by atoms with van der Waals surface area (Å²) in [6.07, 6.45) is 0.160. The fourth-order valence-electron chi connectivity index (χ4n) is 2.48. The largest absolute Gasteiger partial charge is 0.352 e. The van der Waals surface area contributed by atoms with Gasteiger partial charge < -0.3 is 10.2 Å². The van der Waals surface area contributed by atoms with Crippen LogP contribution in [0.4, 0.5) is 5.69 Å². The van der Waals surface area contributed by atoms with E-state index >= 15 is 0 Å². The van der Waals surface area contributed by atoms with Crippen molar-refractivity contribution in [3.63, 3.8) is 0 Å². The number of carbonyl (C=O) groups excluding carboxylic acids is 2. The van der Waals surface area contributed by atoms with Crippen LogP contribution in [0.15, 0.2) is 42.5 Å². The predicted octanol–water partition coefficient (Wildman–Crippen LogP) is 4.36. The molecule has 2 rings (SSSR count). The average Bonchev–Trinajstić information content (AvgIpc) is 2.56. The van der Waals surface area contributed by atoms with Gasteiger partial charge in [0.15, 0.2) is 0 Å². The summed E-state index contributed by atoms with van der Waals surface area (Å²) in [5, 5.41) is 3.63. The highest BCUT2D eigenvalue weighted by molar-refractivity contribution is 6.39. The molecule has 1 N–H and O–H groups in total. The van der Waals surface area contributed by atoms with Crippen molar-refractivity contribution < 1.29 is 9.59 Å². The zero-order chi connectivity index (χ0) is 18.4. The van der Waals surface area contributed by atoms with Crippen LogP contribution in [0.2, 0.25) is 10.0 Å². The lowest BCUT2D eigenvalue weighted by molar-refractivity contribution is -0.121. The fraction of sp³-hybridized carbons (Fsp3) is 0.263. The maximum Gasteiger partial charge on any atom is 0.223 e. The molecular formula is C19H20Cl2N2O2. The van der Waals surface area contributed by atoms with Crippen molar-refractivity contribution in [2.24, 2.45) is 0 Å². The molecule has 0 aromatic heterocycles. The van der Waals surface area contributed by atoms with Crippen LogP contribution in [0, 0.1) is 6.92 Å².